The molecule has 1 unspecified atom stereocenters. The molecule has 0 amide bonds. The van der Waals surface area contributed by atoms with Crippen LogP contribution in [-0.2, 0) is 7.05 Å². The molecule has 0 aliphatic rings. The van der Waals surface area contributed by atoms with E-state index in [-0.39, 0.29) is 0 Å². The quantitative estimate of drug-likeness (QED) is 0.295. The Bertz CT molecular complexity index is 1340. The molecular formula is C29H27N. The average Bonchev–Trinajstić information content (AvgIpc) is 3.07. The van der Waals surface area contributed by atoms with Crippen LogP contribution in [0, 0.1) is 6.92 Å². The maximum atomic E-state index is 2.46. The summed E-state index contributed by atoms with van der Waals surface area (Å²) in [6.07, 6.45) is 1.07. The molecule has 1 heterocycles. The summed E-state index contributed by atoms with van der Waals surface area (Å²) < 4.78 is 2.33. The van der Waals surface area contributed by atoms with Crippen LogP contribution >= 0.6 is 0 Å². The number of hydrogen-bond donors (Lipinski definition) is 0. The normalized spacial score (nSPS) is 12.5. The van der Waals surface area contributed by atoms with E-state index in [9.17, 15) is 0 Å². The molecule has 30 heavy (non-hydrogen) atoms. The molecule has 1 aromatic heterocycles. The van der Waals surface area contributed by atoms with E-state index in [2.05, 4.69) is 116 Å². The summed E-state index contributed by atoms with van der Waals surface area (Å²) in [6.45, 7) is 4.51. The molecule has 0 saturated carbocycles. The first kappa shape index (κ1) is 18.7. The second-order valence-corrected chi connectivity index (χ2v) is 8.22. The molecule has 148 valence electrons. The van der Waals surface area contributed by atoms with E-state index >= 15 is 0 Å². The minimum absolute atomic E-state index is 0.365. The molecule has 0 fully saturated rings. The van der Waals surface area contributed by atoms with Gasteiger partial charge in [-0.1, -0.05) is 79.7 Å². The third-order valence-electron chi connectivity index (χ3n) is 6.51. The Morgan fingerprint density at radius 2 is 1.40 bits per heavy atom. The number of aromatic nitrogens is 1. The lowest BCUT2D eigenvalue weighted by Crippen LogP contribution is -2.03. The minimum Gasteiger partial charge on any atom is -0.344 e. The topological polar surface area (TPSA) is 4.93 Å². The van der Waals surface area contributed by atoms with Gasteiger partial charge in [0.25, 0.3) is 0 Å². The van der Waals surface area contributed by atoms with E-state index < -0.39 is 0 Å². The van der Waals surface area contributed by atoms with Crippen molar-refractivity contribution < 1.29 is 0 Å². The van der Waals surface area contributed by atoms with Crippen LogP contribution in [0.4, 0.5) is 0 Å². The highest BCUT2D eigenvalue weighted by molar-refractivity contribution is 6.09. The van der Waals surface area contributed by atoms with Crippen molar-refractivity contribution >= 4 is 21.8 Å². The van der Waals surface area contributed by atoms with Gasteiger partial charge in [-0.25, -0.2) is 0 Å². The molecule has 0 aliphatic heterocycles. The average molecular weight is 390 g/mol. The Balaban J connectivity index is 1.88. The molecule has 0 bridgehead atoms. The Labute approximate surface area is 178 Å². The van der Waals surface area contributed by atoms with Crippen molar-refractivity contribution in [2.75, 3.05) is 0 Å². The number of rotatable bonds is 4. The van der Waals surface area contributed by atoms with Gasteiger partial charge >= 0.3 is 0 Å². The van der Waals surface area contributed by atoms with Crippen LogP contribution in [0.1, 0.15) is 36.0 Å². The van der Waals surface area contributed by atoms with Gasteiger partial charge in [-0.2, -0.15) is 0 Å². The molecule has 5 rings (SSSR count). The van der Waals surface area contributed by atoms with Gasteiger partial charge in [-0.15, -0.1) is 0 Å². The van der Waals surface area contributed by atoms with E-state index in [1.165, 1.54) is 49.6 Å². The van der Waals surface area contributed by atoms with E-state index in [4.69, 9.17) is 0 Å². The number of para-hydroxylation sites is 1. The van der Waals surface area contributed by atoms with Crippen molar-refractivity contribution in [1.82, 2.24) is 4.57 Å². The number of hydrogen-bond acceptors (Lipinski definition) is 0. The van der Waals surface area contributed by atoms with Crippen LogP contribution in [-0.4, -0.2) is 4.57 Å². The highest BCUT2D eigenvalue weighted by Gasteiger charge is 2.20. The fraction of sp³-hybridized carbons (Fsp3) is 0.172. The first-order chi connectivity index (χ1) is 14.7. The lowest BCUT2D eigenvalue weighted by Gasteiger charge is -2.22. The third kappa shape index (κ3) is 2.93. The number of nitrogens with zero attached hydrogens (tertiary/aromatic N) is 1. The van der Waals surface area contributed by atoms with Crippen molar-refractivity contribution in [3.8, 4) is 11.1 Å². The summed E-state index contributed by atoms with van der Waals surface area (Å²) in [5.74, 6) is 0.365. The van der Waals surface area contributed by atoms with Gasteiger partial charge in [0.1, 0.15) is 0 Å². The van der Waals surface area contributed by atoms with E-state index in [1.54, 1.807) is 0 Å². The predicted octanol–water partition coefficient (Wildman–Crippen LogP) is 7.85. The second kappa shape index (κ2) is 7.50. The first-order valence-corrected chi connectivity index (χ1v) is 10.8. The molecule has 0 aliphatic carbocycles. The Morgan fingerprint density at radius 3 is 2.17 bits per heavy atom. The first-order valence-electron chi connectivity index (χ1n) is 10.8. The lowest BCUT2D eigenvalue weighted by molar-refractivity contribution is 0.780. The van der Waals surface area contributed by atoms with Gasteiger partial charge in [0.2, 0.25) is 0 Å². The molecule has 1 nitrogen and oxygen atoms in total. The summed E-state index contributed by atoms with van der Waals surface area (Å²) in [5.41, 5.74) is 9.38. The summed E-state index contributed by atoms with van der Waals surface area (Å²) in [5, 5.41) is 2.67. The van der Waals surface area contributed by atoms with Crippen molar-refractivity contribution in [2.24, 2.45) is 7.05 Å². The van der Waals surface area contributed by atoms with Gasteiger partial charge in [0.15, 0.2) is 0 Å². The molecule has 0 N–H and O–H groups in total. The van der Waals surface area contributed by atoms with Crippen LogP contribution in [0.15, 0.2) is 91.0 Å². The maximum Gasteiger partial charge on any atom is 0.0495 e. The van der Waals surface area contributed by atoms with E-state index in [1.807, 2.05) is 0 Å². The molecular weight excluding hydrogens is 362 g/mol. The summed E-state index contributed by atoms with van der Waals surface area (Å²) in [7, 11) is 2.18. The van der Waals surface area contributed by atoms with Gasteiger partial charge in [-0.05, 0) is 59.4 Å². The second-order valence-electron chi connectivity index (χ2n) is 8.22. The fourth-order valence-electron chi connectivity index (χ4n) is 4.94. The molecule has 5 aromatic rings. The molecule has 0 spiro atoms. The van der Waals surface area contributed by atoms with Gasteiger partial charge < -0.3 is 4.57 Å². The Morgan fingerprint density at radius 1 is 0.700 bits per heavy atom. The zero-order valence-electron chi connectivity index (χ0n) is 17.9. The fourth-order valence-corrected chi connectivity index (χ4v) is 4.94. The van der Waals surface area contributed by atoms with Crippen molar-refractivity contribution in [3.63, 3.8) is 0 Å². The largest absolute Gasteiger partial charge is 0.344 e. The van der Waals surface area contributed by atoms with Crippen LogP contribution in [0.2, 0.25) is 0 Å². The highest BCUT2D eigenvalue weighted by atomic mass is 14.9. The summed E-state index contributed by atoms with van der Waals surface area (Å²) in [6, 6.07) is 33.3. The highest BCUT2D eigenvalue weighted by Crippen LogP contribution is 2.41. The van der Waals surface area contributed by atoms with E-state index in [0.29, 0.717) is 5.92 Å². The summed E-state index contributed by atoms with van der Waals surface area (Å²) in [4.78, 5) is 0. The lowest BCUT2D eigenvalue weighted by atomic mass is 9.82. The summed E-state index contributed by atoms with van der Waals surface area (Å²) >= 11 is 0. The van der Waals surface area contributed by atoms with Crippen molar-refractivity contribution in [2.45, 2.75) is 26.2 Å². The zero-order valence-corrected chi connectivity index (χ0v) is 17.9. The van der Waals surface area contributed by atoms with Gasteiger partial charge in [0.05, 0.1) is 0 Å². The minimum atomic E-state index is 0.365. The molecule has 1 atom stereocenters. The Hall–Kier alpha value is -3.32. The number of benzene rings is 4. The van der Waals surface area contributed by atoms with E-state index in [0.717, 1.165) is 6.42 Å². The molecule has 1 heteroatoms. The van der Waals surface area contributed by atoms with Gasteiger partial charge in [-0.3, -0.25) is 0 Å². The van der Waals surface area contributed by atoms with Crippen LogP contribution in [0.3, 0.4) is 0 Å². The third-order valence-corrected chi connectivity index (χ3v) is 6.51. The van der Waals surface area contributed by atoms with Crippen LogP contribution in [0.25, 0.3) is 32.9 Å². The smallest absolute Gasteiger partial charge is 0.0495 e. The molecule has 0 radical (unpaired) electrons. The van der Waals surface area contributed by atoms with Gasteiger partial charge in [0, 0.05) is 34.8 Å². The zero-order chi connectivity index (χ0) is 20.7. The van der Waals surface area contributed by atoms with Crippen LogP contribution in [0.5, 0.6) is 0 Å². The SMILES string of the molecule is CCC(c1ccccc1)c1cc2c3ccccc3n(C)c2cc1-c1ccccc1C. The standard InChI is InChI=1S/C29H27N/c1-4-22(21-13-6-5-7-14-21)25-18-27-24-16-10-11-17-28(24)30(3)29(27)19-26(25)23-15-9-8-12-20(23)2/h5-19,22H,4H2,1-3H3. The van der Waals surface area contributed by atoms with Crippen molar-refractivity contribution in [3.05, 3.63) is 108 Å². The molecule has 4 aromatic carbocycles. The molecule has 0 saturated heterocycles. The maximum absolute atomic E-state index is 2.46. The monoisotopic (exact) mass is 389 g/mol. The van der Waals surface area contributed by atoms with Crippen LogP contribution < -0.4 is 0 Å². The Kier molecular flexibility index (Phi) is 4.67. The predicted molar refractivity (Wildman–Crippen MR) is 129 cm³/mol. The van der Waals surface area contributed by atoms with Crippen molar-refractivity contribution in [1.29, 1.82) is 0 Å². The number of fused-ring (bicyclic) bond motifs is 3. The number of aryl methyl sites for hydroxylation is 2.